The summed E-state index contributed by atoms with van der Waals surface area (Å²) in [5.74, 6) is 1.09. The van der Waals surface area contributed by atoms with Crippen LogP contribution in [0.3, 0.4) is 0 Å². The summed E-state index contributed by atoms with van der Waals surface area (Å²) < 4.78 is 5.67. The van der Waals surface area contributed by atoms with Gasteiger partial charge in [0, 0.05) is 15.8 Å². The molecular weight excluding hydrogens is 478 g/mol. The Kier molecular flexibility index (Phi) is 6.74. The van der Waals surface area contributed by atoms with Gasteiger partial charge in [0.25, 0.3) is 5.91 Å². The van der Waals surface area contributed by atoms with Crippen LogP contribution in [0, 0.1) is 22.7 Å². The minimum absolute atomic E-state index is 0.212. The Bertz CT molecular complexity index is 1520. The maximum Gasteiger partial charge on any atom is 0.257 e. The monoisotopic (exact) mass is 509 g/mol. The highest BCUT2D eigenvalue weighted by Crippen LogP contribution is 2.44. The van der Waals surface area contributed by atoms with Gasteiger partial charge in [0.05, 0.1) is 28.9 Å². The van der Waals surface area contributed by atoms with Crippen molar-refractivity contribution in [3.63, 3.8) is 0 Å². The Morgan fingerprint density at radius 3 is 2.76 bits per heavy atom. The highest BCUT2D eigenvalue weighted by atomic mass is 32.1. The molecule has 4 aromatic rings. The summed E-state index contributed by atoms with van der Waals surface area (Å²) in [5, 5.41) is 14.5. The number of pyridine rings is 1. The molecule has 0 saturated carbocycles. The van der Waals surface area contributed by atoms with Crippen LogP contribution >= 0.6 is 11.3 Å². The van der Waals surface area contributed by atoms with Crippen molar-refractivity contribution in [2.45, 2.75) is 47.0 Å². The first kappa shape index (κ1) is 25.0. The Morgan fingerprint density at radius 1 is 1.19 bits per heavy atom. The molecule has 0 radical (unpaired) electrons. The predicted molar refractivity (Wildman–Crippen MR) is 150 cm³/mol. The lowest BCUT2D eigenvalue weighted by molar-refractivity contribution is 0.102. The number of nitrogens with zero attached hydrogens (tertiary/aromatic N) is 2. The van der Waals surface area contributed by atoms with Crippen molar-refractivity contribution >= 4 is 33.1 Å². The number of carbonyl (C=O) groups is 1. The summed E-state index contributed by atoms with van der Waals surface area (Å²) in [6, 6.07) is 19.6. The van der Waals surface area contributed by atoms with Crippen molar-refractivity contribution < 1.29 is 9.53 Å². The quantitative estimate of drug-likeness (QED) is 0.300. The third-order valence-corrected chi connectivity index (χ3v) is 8.40. The van der Waals surface area contributed by atoms with Crippen LogP contribution in [0.4, 0.5) is 5.00 Å². The molecule has 1 N–H and O–H groups in total. The minimum Gasteiger partial charge on any atom is -0.494 e. The zero-order valence-electron chi connectivity index (χ0n) is 21.7. The smallest absolute Gasteiger partial charge is 0.257 e. The van der Waals surface area contributed by atoms with E-state index in [4.69, 9.17) is 9.72 Å². The van der Waals surface area contributed by atoms with Gasteiger partial charge in [-0.2, -0.15) is 5.26 Å². The molecule has 1 unspecified atom stereocenters. The number of benzene rings is 2. The fraction of sp³-hybridized carbons (Fsp3) is 0.323. The zero-order valence-corrected chi connectivity index (χ0v) is 22.5. The standard InChI is InChI=1S/C31H31N3O2S/c1-5-36-21-10-8-9-19(15-21)27-17-24(22-11-6-7-12-26(22)33-27)29(35)34-30-25(18-32)23-14-13-20(31(2,3)4)16-28(23)37-30/h6-12,15,17,20H,5,13-14,16H2,1-4H3,(H,34,35). The van der Waals surface area contributed by atoms with Crippen molar-refractivity contribution in [1.29, 1.82) is 5.26 Å². The number of anilines is 1. The van der Waals surface area contributed by atoms with Crippen LogP contribution in [0.5, 0.6) is 5.75 Å². The lowest BCUT2D eigenvalue weighted by Crippen LogP contribution is -2.26. The van der Waals surface area contributed by atoms with E-state index in [1.807, 2.05) is 61.5 Å². The molecule has 1 atom stereocenters. The molecule has 2 aromatic carbocycles. The summed E-state index contributed by atoms with van der Waals surface area (Å²) in [5.41, 5.74) is 4.79. The summed E-state index contributed by atoms with van der Waals surface area (Å²) in [6.07, 6.45) is 2.89. The van der Waals surface area contributed by atoms with Crippen LogP contribution in [-0.4, -0.2) is 17.5 Å². The average molecular weight is 510 g/mol. The van der Waals surface area contributed by atoms with Gasteiger partial charge in [-0.25, -0.2) is 4.98 Å². The van der Waals surface area contributed by atoms with E-state index in [2.05, 4.69) is 32.2 Å². The second-order valence-electron chi connectivity index (χ2n) is 10.6. The van der Waals surface area contributed by atoms with Gasteiger partial charge in [-0.05, 0) is 67.3 Å². The Morgan fingerprint density at radius 2 is 2.00 bits per heavy atom. The van der Waals surface area contributed by atoms with Gasteiger partial charge in [-0.1, -0.05) is 51.1 Å². The van der Waals surface area contributed by atoms with E-state index in [0.717, 1.165) is 47.0 Å². The van der Waals surface area contributed by atoms with Crippen molar-refractivity contribution in [2.75, 3.05) is 11.9 Å². The normalized spacial score (nSPS) is 15.2. The molecule has 5 rings (SSSR count). The number of carbonyl (C=O) groups excluding carboxylic acids is 1. The summed E-state index contributed by atoms with van der Waals surface area (Å²) in [6.45, 7) is 9.36. The first-order chi connectivity index (χ1) is 17.8. The van der Waals surface area contributed by atoms with E-state index in [-0.39, 0.29) is 11.3 Å². The largest absolute Gasteiger partial charge is 0.494 e. The molecule has 0 fully saturated rings. The molecule has 37 heavy (non-hydrogen) atoms. The maximum atomic E-state index is 13.7. The number of fused-ring (bicyclic) bond motifs is 2. The molecular formula is C31H31N3O2S. The first-order valence-corrected chi connectivity index (χ1v) is 13.6. The van der Waals surface area contributed by atoms with Crippen molar-refractivity contribution in [1.82, 2.24) is 4.98 Å². The molecule has 1 aliphatic carbocycles. The third kappa shape index (κ3) is 4.97. The molecule has 0 bridgehead atoms. The van der Waals surface area contributed by atoms with E-state index < -0.39 is 0 Å². The Labute approximate surface area is 222 Å². The van der Waals surface area contributed by atoms with Gasteiger partial charge in [-0.15, -0.1) is 11.3 Å². The second kappa shape index (κ2) is 9.99. The van der Waals surface area contributed by atoms with E-state index in [1.54, 1.807) is 11.3 Å². The molecule has 6 heteroatoms. The van der Waals surface area contributed by atoms with E-state index in [1.165, 1.54) is 4.88 Å². The van der Waals surface area contributed by atoms with Crippen LogP contribution in [0.25, 0.3) is 22.2 Å². The number of ether oxygens (including phenoxy) is 1. The molecule has 1 amide bonds. The molecule has 5 nitrogen and oxygen atoms in total. The number of para-hydroxylation sites is 1. The number of nitrogens with one attached hydrogen (secondary N) is 1. The van der Waals surface area contributed by atoms with Gasteiger partial charge in [0.2, 0.25) is 0 Å². The number of rotatable bonds is 5. The number of amides is 1. The Hall–Kier alpha value is -3.69. The summed E-state index contributed by atoms with van der Waals surface area (Å²) in [7, 11) is 0. The van der Waals surface area contributed by atoms with Gasteiger partial charge in [-0.3, -0.25) is 4.79 Å². The number of aromatic nitrogens is 1. The highest BCUT2D eigenvalue weighted by molar-refractivity contribution is 7.16. The first-order valence-electron chi connectivity index (χ1n) is 12.8. The molecule has 2 aromatic heterocycles. The third-order valence-electron chi connectivity index (χ3n) is 7.23. The van der Waals surface area contributed by atoms with Crippen LogP contribution in [0.15, 0.2) is 54.6 Å². The van der Waals surface area contributed by atoms with Gasteiger partial charge >= 0.3 is 0 Å². The van der Waals surface area contributed by atoms with E-state index in [0.29, 0.717) is 34.3 Å². The van der Waals surface area contributed by atoms with Crippen molar-refractivity contribution in [3.8, 4) is 23.1 Å². The fourth-order valence-corrected chi connectivity index (χ4v) is 6.40. The topological polar surface area (TPSA) is 75.0 Å². The molecule has 0 aliphatic heterocycles. The molecule has 0 spiro atoms. The minimum atomic E-state index is -0.233. The Balaban J connectivity index is 1.52. The lowest BCUT2D eigenvalue weighted by Gasteiger charge is -2.33. The highest BCUT2D eigenvalue weighted by Gasteiger charge is 2.32. The van der Waals surface area contributed by atoms with Gasteiger partial charge in [0.15, 0.2) is 0 Å². The SMILES string of the molecule is CCOc1cccc(-c2cc(C(=O)Nc3sc4c(c3C#N)CCC(C(C)(C)C)C4)c3ccccc3n2)c1. The number of hydrogen-bond donors (Lipinski definition) is 1. The van der Waals surface area contributed by atoms with Crippen LogP contribution < -0.4 is 10.1 Å². The number of nitriles is 1. The van der Waals surface area contributed by atoms with Crippen LogP contribution in [-0.2, 0) is 12.8 Å². The van der Waals surface area contributed by atoms with Crippen molar-refractivity contribution in [3.05, 3.63) is 76.2 Å². The second-order valence-corrected chi connectivity index (χ2v) is 11.7. The lowest BCUT2D eigenvalue weighted by atomic mass is 9.72. The summed E-state index contributed by atoms with van der Waals surface area (Å²) >= 11 is 1.56. The van der Waals surface area contributed by atoms with E-state index in [9.17, 15) is 10.1 Å². The molecule has 1 aliphatic rings. The van der Waals surface area contributed by atoms with Crippen LogP contribution in [0.2, 0.25) is 0 Å². The molecule has 188 valence electrons. The van der Waals surface area contributed by atoms with Crippen LogP contribution in [0.1, 0.15) is 60.5 Å². The zero-order chi connectivity index (χ0) is 26.2. The van der Waals surface area contributed by atoms with E-state index >= 15 is 0 Å². The molecule has 2 heterocycles. The molecule has 0 saturated heterocycles. The average Bonchev–Trinajstić information content (AvgIpc) is 3.24. The number of thiophene rings is 1. The number of hydrogen-bond acceptors (Lipinski definition) is 5. The van der Waals surface area contributed by atoms with Crippen molar-refractivity contribution in [2.24, 2.45) is 11.3 Å². The fourth-order valence-electron chi connectivity index (χ4n) is 5.12. The van der Waals surface area contributed by atoms with Gasteiger partial charge in [0.1, 0.15) is 16.8 Å². The summed E-state index contributed by atoms with van der Waals surface area (Å²) in [4.78, 5) is 19.8. The maximum absolute atomic E-state index is 13.7. The predicted octanol–water partition coefficient (Wildman–Crippen LogP) is 7.64. The van der Waals surface area contributed by atoms with Gasteiger partial charge < -0.3 is 10.1 Å².